The first-order valence-electron chi connectivity index (χ1n) is 7.53. The Morgan fingerprint density at radius 3 is 2.25 bits per heavy atom. The van der Waals surface area contributed by atoms with E-state index in [9.17, 15) is 14.9 Å². The number of carbonyl (C=O) groups is 1. The molecule has 2 aromatic rings. The number of hydrogen-bond donors (Lipinski definition) is 1. The van der Waals surface area contributed by atoms with Gasteiger partial charge in [-0.05, 0) is 50.5 Å². The van der Waals surface area contributed by atoms with Crippen molar-refractivity contribution in [3.63, 3.8) is 0 Å². The minimum atomic E-state index is -0.466. The lowest BCUT2D eigenvalue weighted by molar-refractivity contribution is -0.384. The Kier molecular flexibility index (Phi) is 5.18. The van der Waals surface area contributed by atoms with E-state index in [2.05, 4.69) is 5.32 Å². The standard InChI is InChI=1S/C18H20N2O4/c1-11-7-13(3)18(14(4)8-11)19-17(21)10-24-16-6-5-15(20(22)23)9-12(16)2/h5-9H,10H2,1-4H3,(H,19,21). The number of aryl methyl sites for hydroxylation is 4. The molecule has 0 fully saturated rings. The van der Waals surface area contributed by atoms with Crippen LogP contribution in [0.2, 0.25) is 0 Å². The molecule has 0 unspecified atom stereocenters. The fraction of sp³-hybridized carbons (Fsp3) is 0.278. The molecular weight excluding hydrogens is 308 g/mol. The van der Waals surface area contributed by atoms with Gasteiger partial charge in [0.25, 0.3) is 11.6 Å². The van der Waals surface area contributed by atoms with Gasteiger partial charge in [0.2, 0.25) is 0 Å². The lowest BCUT2D eigenvalue weighted by Gasteiger charge is -2.14. The first kappa shape index (κ1) is 17.5. The smallest absolute Gasteiger partial charge is 0.269 e. The molecular formula is C18H20N2O4. The summed E-state index contributed by atoms with van der Waals surface area (Å²) < 4.78 is 5.47. The molecule has 0 atom stereocenters. The molecule has 2 aromatic carbocycles. The first-order chi connectivity index (χ1) is 11.3. The Hall–Kier alpha value is -2.89. The zero-order chi connectivity index (χ0) is 17.9. The van der Waals surface area contributed by atoms with Crippen LogP contribution < -0.4 is 10.1 Å². The van der Waals surface area contributed by atoms with Crippen molar-refractivity contribution in [1.82, 2.24) is 0 Å². The average Bonchev–Trinajstić information content (AvgIpc) is 2.49. The molecule has 0 aliphatic rings. The summed E-state index contributed by atoms with van der Waals surface area (Å²) in [6, 6.07) is 8.28. The Labute approximate surface area is 140 Å². The summed E-state index contributed by atoms with van der Waals surface area (Å²) in [6.07, 6.45) is 0. The SMILES string of the molecule is Cc1cc(C)c(NC(=O)COc2ccc([N+](=O)[O-])cc2C)c(C)c1. The van der Waals surface area contributed by atoms with Crippen LogP contribution in [0.1, 0.15) is 22.3 Å². The van der Waals surface area contributed by atoms with Crippen molar-refractivity contribution in [2.45, 2.75) is 27.7 Å². The molecule has 6 nitrogen and oxygen atoms in total. The third kappa shape index (κ3) is 4.10. The van der Waals surface area contributed by atoms with Crippen molar-refractivity contribution in [1.29, 1.82) is 0 Å². The quantitative estimate of drug-likeness (QED) is 0.668. The van der Waals surface area contributed by atoms with E-state index >= 15 is 0 Å². The molecule has 1 N–H and O–H groups in total. The number of amides is 1. The predicted molar refractivity (Wildman–Crippen MR) is 92.6 cm³/mol. The number of nitro groups is 1. The van der Waals surface area contributed by atoms with E-state index < -0.39 is 4.92 Å². The highest BCUT2D eigenvalue weighted by Crippen LogP contribution is 2.24. The van der Waals surface area contributed by atoms with E-state index in [0.29, 0.717) is 11.3 Å². The van der Waals surface area contributed by atoms with Crippen LogP contribution in [-0.4, -0.2) is 17.4 Å². The van der Waals surface area contributed by atoms with Gasteiger partial charge in [-0.1, -0.05) is 17.7 Å². The van der Waals surface area contributed by atoms with Gasteiger partial charge in [0, 0.05) is 17.8 Å². The van der Waals surface area contributed by atoms with Crippen LogP contribution in [-0.2, 0) is 4.79 Å². The molecule has 0 heterocycles. The van der Waals surface area contributed by atoms with Crippen molar-refractivity contribution < 1.29 is 14.5 Å². The number of carbonyl (C=O) groups excluding carboxylic acids is 1. The van der Waals surface area contributed by atoms with Crippen molar-refractivity contribution in [2.24, 2.45) is 0 Å². The Balaban J connectivity index is 2.03. The third-order valence-electron chi connectivity index (χ3n) is 3.67. The number of non-ortho nitro benzene ring substituents is 1. The van der Waals surface area contributed by atoms with Crippen molar-refractivity contribution in [3.8, 4) is 5.75 Å². The number of nitrogens with one attached hydrogen (secondary N) is 1. The fourth-order valence-electron chi connectivity index (χ4n) is 2.61. The Bertz CT molecular complexity index is 777. The monoisotopic (exact) mass is 328 g/mol. The van der Waals surface area contributed by atoms with Crippen LogP contribution in [0.4, 0.5) is 11.4 Å². The molecule has 0 aromatic heterocycles. The van der Waals surface area contributed by atoms with Gasteiger partial charge in [-0.15, -0.1) is 0 Å². The average molecular weight is 328 g/mol. The molecule has 126 valence electrons. The van der Waals surface area contributed by atoms with E-state index in [0.717, 1.165) is 22.4 Å². The molecule has 0 saturated carbocycles. The van der Waals surface area contributed by atoms with Crippen LogP contribution in [0.25, 0.3) is 0 Å². The van der Waals surface area contributed by atoms with E-state index in [-0.39, 0.29) is 18.2 Å². The molecule has 0 spiro atoms. The molecule has 0 aliphatic carbocycles. The minimum Gasteiger partial charge on any atom is -0.483 e. The number of anilines is 1. The van der Waals surface area contributed by atoms with E-state index in [1.807, 2.05) is 32.9 Å². The van der Waals surface area contributed by atoms with Gasteiger partial charge in [0.1, 0.15) is 5.75 Å². The van der Waals surface area contributed by atoms with Crippen molar-refractivity contribution >= 4 is 17.3 Å². The topological polar surface area (TPSA) is 81.5 Å². The second-order valence-electron chi connectivity index (χ2n) is 5.82. The van der Waals surface area contributed by atoms with Gasteiger partial charge >= 0.3 is 0 Å². The van der Waals surface area contributed by atoms with Crippen molar-refractivity contribution in [2.75, 3.05) is 11.9 Å². The van der Waals surface area contributed by atoms with Gasteiger partial charge < -0.3 is 10.1 Å². The lowest BCUT2D eigenvalue weighted by atomic mass is 10.1. The molecule has 2 rings (SSSR count). The highest BCUT2D eigenvalue weighted by Gasteiger charge is 2.12. The predicted octanol–water partition coefficient (Wildman–Crippen LogP) is 3.85. The summed E-state index contributed by atoms with van der Waals surface area (Å²) in [5.41, 5.74) is 4.52. The molecule has 0 bridgehead atoms. The van der Waals surface area contributed by atoms with Gasteiger partial charge in [0.05, 0.1) is 4.92 Å². The summed E-state index contributed by atoms with van der Waals surface area (Å²) >= 11 is 0. The van der Waals surface area contributed by atoms with E-state index in [4.69, 9.17) is 4.74 Å². The maximum atomic E-state index is 12.1. The van der Waals surface area contributed by atoms with Crippen LogP contribution in [0.3, 0.4) is 0 Å². The van der Waals surface area contributed by atoms with Crippen LogP contribution in [0.5, 0.6) is 5.75 Å². The van der Waals surface area contributed by atoms with Gasteiger partial charge in [-0.2, -0.15) is 0 Å². The van der Waals surface area contributed by atoms with Crippen LogP contribution in [0, 0.1) is 37.8 Å². The fourth-order valence-corrected chi connectivity index (χ4v) is 2.61. The molecule has 0 radical (unpaired) electrons. The summed E-state index contributed by atoms with van der Waals surface area (Å²) in [6.45, 7) is 7.43. The Morgan fingerprint density at radius 1 is 1.08 bits per heavy atom. The second-order valence-corrected chi connectivity index (χ2v) is 5.82. The first-order valence-corrected chi connectivity index (χ1v) is 7.53. The maximum absolute atomic E-state index is 12.1. The molecule has 1 amide bonds. The molecule has 24 heavy (non-hydrogen) atoms. The number of nitro benzene ring substituents is 1. The van der Waals surface area contributed by atoms with Crippen molar-refractivity contribution in [3.05, 3.63) is 62.7 Å². The summed E-state index contributed by atoms with van der Waals surface area (Å²) in [7, 11) is 0. The summed E-state index contributed by atoms with van der Waals surface area (Å²) in [5.74, 6) is 0.177. The molecule has 6 heteroatoms. The number of hydrogen-bond acceptors (Lipinski definition) is 4. The summed E-state index contributed by atoms with van der Waals surface area (Å²) in [5, 5.41) is 13.6. The minimum absolute atomic E-state index is 0.00444. The van der Waals surface area contributed by atoms with Crippen LogP contribution >= 0.6 is 0 Å². The number of benzene rings is 2. The third-order valence-corrected chi connectivity index (χ3v) is 3.67. The molecule has 0 aliphatic heterocycles. The second kappa shape index (κ2) is 7.12. The highest BCUT2D eigenvalue weighted by molar-refractivity contribution is 5.93. The largest absolute Gasteiger partial charge is 0.483 e. The lowest BCUT2D eigenvalue weighted by Crippen LogP contribution is -2.21. The van der Waals surface area contributed by atoms with Gasteiger partial charge in [-0.25, -0.2) is 0 Å². The number of rotatable bonds is 5. The Morgan fingerprint density at radius 2 is 1.71 bits per heavy atom. The zero-order valence-corrected chi connectivity index (χ0v) is 14.2. The van der Waals surface area contributed by atoms with Gasteiger partial charge in [0.15, 0.2) is 6.61 Å². The summed E-state index contributed by atoms with van der Waals surface area (Å²) in [4.78, 5) is 22.4. The number of nitrogens with zero attached hydrogens (tertiary/aromatic N) is 1. The van der Waals surface area contributed by atoms with E-state index in [1.165, 1.54) is 18.2 Å². The number of ether oxygens (including phenoxy) is 1. The van der Waals surface area contributed by atoms with Crippen LogP contribution in [0.15, 0.2) is 30.3 Å². The zero-order valence-electron chi connectivity index (χ0n) is 14.2. The molecule has 0 saturated heterocycles. The van der Waals surface area contributed by atoms with Gasteiger partial charge in [-0.3, -0.25) is 14.9 Å². The highest BCUT2D eigenvalue weighted by atomic mass is 16.6. The normalized spacial score (nSPS) is 10.3. The maximum Gasteiger partial charge on any atom is 0.269 e. The van der Waals surface area contributed by atoms with E-state index in [1.54, 1.807) is 6.92 Å².